The molecule has 158 valence electrons. The van der Waals surface area contributed by atoms with Crippen LogP contribution in [0.3, 0.4) is 0 Å². The molecule has 2 aromatic rings. The fourth-order valence-corrected chi connectivity index (χ4v) is 3.44. The first kappa shape index (κ1) is 21.6. The van der Waals surface area contributed by atoms with Crippen LogP contribution in [-0.4, -0.2) is 28.9 Å². The predicted octanol–water partition coefficient (Wildman–Crippen LogP) is 4.33. The van der Waals surface area contributed by atoms with Gasteiger partial charge < -0.3 is 10.1 Å². The van der Waals surface area contributed by atoms with E-state index in [1.54, 1.807) is 32.0 Å². The maximum Gasteiger partial charge on any atom is 0.271 e. The van der Waals surface area contributed by atoms with Crippen molar-refractivity contribution >= 4 is 40.5 Å². The molecule has 2 atom stereocenters. The van der Waals surface area contributed by atoms with Crippen LogP contribution in [-0.2, 0) is 9.59 Å². The van der Waals surface area contributed by atoms with E-state index in [2.05, 4.69) is 5.32 Å². The lowest BCUT2D eigenvalue weighted by atomic mass is 10.0. The fraction of sp³-hybridized carbons (Fsp3) is 0.333. The fourth-order valence-electron chi connectivity index (χ4n) is 3.27. The highest BCUT2D eigenvalue weighted by molar-refractivity contribution is 6.31. The lowest BCUT2D eigenvalue weighted by molar-refractivity contribution is -0.384. The molecule has 0 spiro atoms. The molecule has 0 aliphatic carbocycles. The number of fused-ring (bicyclic) bond motifs is 1. The van der Waals surface area contributed by atoms with Gasteiger partial charge in [-0.2, -0.15) is 0 Å². The Balaban J connectivity index is 2.00. The highest BCUT2D eigenvalue weighted by Crippen LogP contribution is 2.39. The Kier molecular flexibility index (Phi) is 5.98. The maximum absolute atomic E-state index is 13.2. The summed E-state index contributed by atoms with van der Waals surface area (Å²) in [5, 5.41) is 14.5. The van der Waals surface area contributed by atoms with Crippen LogP contribution in [0.15, 0.2) is 36.4 Å². The molecule has 1 aliphatic heterocycles. The van der Waals surface area contributed by atoms with Crippen molar-refractivity contribution in [3.63, 3.8) is 0 Å². The summed E-state index contributed by atoms with van der Waals surface area (Å²) in [6, 6.07) is 8.20. The number of amides is 2. The number of nitrogens with one attached hydrogen (secondary N) is 1. The van der Waals surface area contributed by atoms with E-state index in [4.69, 9.17) is 16.3 Å². The molecule has 9 heteroatoms. The van der Waals surface area contributed by atoms with Crippen molar-refractivity contribution in [2.24, 2.45) is 5.92 Å². The summed E-state index contributed by atoms with van der Waals surface area (Å²) < 4.78 is 5.79. The number of carbonyl (C=O) groups excluding carboxylic acids is 2. The summed E-state index contributed by atoms with van der Waals surface area (Å²) in [7, 11) is 0. The summed E-state index contributed by atoms with van der Waals surface area (Å²) in [5.41, 5.74) is 1.22. The van der Waals surface area contributed by atoms with Crippen molar-refractivity contribution in [2.75, 3.05) is 10.2 Å². The third-order valence-corrected chi connectivity index (χ3v) is 5.45. The monoisotopic (exact) mass is 431 g/mol. The van der Waals surface area contributed by atoms with Gasteiger partial charge in [0.25, 0.3) is 11.6 Å². The van der Waals surface area contributed by atoms with E-state index in [1.165, 1.54) is 23.1 Å². The molecule has 0 radical (unpaired) electrons. The second kappa shape index (κ2) is 8.31. The quantitative estimate of drug-likeness (QED) is 0.560. The first-order valence-electron chi connectivity index (χ1n) is 9.46. The van der Waals surface area contributed by atoms with Gasteiger partial charge >= 0.3 is 0 Å². The zero-order valence-electron chi connectivity index (χ0n) is 17.0. The van der Waals surface area contributed by atoms with E-state index in [0.717, 1.165) is 0 Å². The molecule has 30 heavy (non-hydrogen) atoms. The normalized spacial score (nSPS) is 16.7. The molecule has 0 saturated heterocycles. The molecule has 0 bridgehead atoms. The zero-order valence-corrected chi connectivity index (χ0v) is 17.8. The molecular weight excluding hydrogens is 410 g/mol. The highest BCUT2D eigenvalue weighted by Gasteiger charge is 2.41. The number of hydrogen-bond donors (Lipinski definition) is 1. The Hall–Kier alpha value is -3.13. The van der Waals surface area contributed by atoms with Gasteiger partial charge in [0, 0.05) is 22.8 Å². The van der Waals surface area contributed by atoms with Gasteiger partial charge in [-0.15, -0.1) is 0 Å². The van der Waals surface area contributed by atoms with Gasteiger partial charge in [-0.3, -0.25) is 24.6 Å². The largest absolute Gasteiger partial charge is 0.478 e. The molecule has 3 rings (SSSR count). The van der Waals surface area contributed by atoms with Crippen LogP contribution in [0.5, 0.6) is 5.75 Å². The average Bonchev–Trinajstić information content (AvgIpc) is 2.69. The number of nitrogens with zero attached hydrogens (tertiary/aromatic N) is 2. The van der Waals surface area contributed by atoms with Crippen molar-refractivity contribution in [1.82, 2.24) is 0 Å². The number of rotatable bonds is 5. The lowest BCUT2D eigenvalue weighted by Crippen LogP contribution is -2.55. The van der Waals surface area contributed by atoms with Gasteiger partial charge in [0.1, 0.15) is 11.8 Å². The SMILES string of the molecule is Cc1c(Cl)cccc1NC(=O)C(C)N1C(=O)C(C(C)C)Oc2ccc([N+](=O)[O-])cc21. The van der Waals surface area contributed by atoms with Crippen LogP contribution in [0.2, 0.25) is 5.02 Å². The molecule has 2 aromatic carbocycles. The van der Waals surface area contributed by atoms with Gasteiger partial charge in [-0.05, 0) is 43.5 Å². The Labute approximate surface area is 178 Å². The van der Waals surface area contributed by atoms with Crippen LogP contribution < -0.4 is 15.0 Å². The Morgan fingerprint density at radius 2 is 1.97 bits per heavy atom. The van der Waals surface area contributed by atoms with E-state index in [0.29, 0.717) is 22.0 Å². The van der Waals surface area contributed by atoms with Crippen LogP contribution in [0, 0.1) is 23.0 Å². The van der Waals surface area contributed by atoms with Crippen LogP contribution in [0.4, 0.5) is 17.1 Å². The number of nitro groups is 1. The van der Waals surface area contributed by atoms with Crippen molar-refractivity contribution in [1.29, 1.82) is 0 Å². The summed E-state index contributed by atoms with van der Waals surface area (Å²) in [6.07, 6.45) is -0.804. The van der Waals surface area contributed by atoms with Crippen LogP contribution in [0.1, 0.15) is 26.3 Å². The molecule has 0 fully saturated rings. The second-order valence-corrected chi connectivity index (χ2v) is 7.88. The summed E-state index contributed by atoms with van der Waals surface area (Å²) in [4.78, 5) is 38.1. The zero-order chi connectivity index (χ0) is 22.2. The Bertz CT molecular complexity index is 1020. The first-order chi connectivity index (χ1) is 14.1. The van der Waals surface area contributed by atoms with Gasteiger partial charge in [0.05, 0.1) is 10.6 Å². The third kappa shape index (κ3) is 3.95. The van der Waals surface area contributed by atoms with E-state index in [1.807, 2.05) is 13.8 Å². The summed E-state index contributed by atoms with van der Waals surface area (Å²) in [5.74, 6) is -0.717. The number of nitro benzene ring substituents is 1. The van der Waals surface area contributed by atoms with Crippen molar-refractivity contribution in [3.05, 3.63) is 57.1 Å². The lowest BCUT2D eigenvalue weighted by Gasteiger charge is -2.38. The predicted molar refractivity (Wildman–Crippen MR) is 114 cm³/mol. The maximum atomic E-state index is 13.2. The smallest absolute Gasteiger partial charge is 0.271 e. The number of halogens is 1. The minimum absolute atomic E-state index is 0.159. The molecular formula is C21H22ClN3O5. The summed E-state index contributed by atoms with van der Waals surface area (Å²) >= 11 is 6.12. The Morgan fingerprint density at radius 1 is 1.27 bits per heavy atom. The number of non-ortho nitro benzene ring substituents is 1. The molecule has 2 amide bonds. The molecule has 8 nitrogen and oxygen atoms in total. The van der Waals surface area contributed by atoms with E-state index in [-0.39, 0.29) is 17.3 Å². The number of carbonyl (C=O) groups is 2. The van der Waals surface area contributed by atoms with Crippen LogP contribution >= 0.6 is 11.6 Å². The van der Waals surface area contributed by atoms with Gasteiger partial charge in [0.15, 0.2) is 6.10 Å². The minimum Gasteiger partial charge on any atom is -0.478 e. The van der Waals surface area contributed by atoms with E-state index in [9.17, 15) is 19.7 Å². The number of ether oxygens (including phenoxy) is 1. The molecule has 2 unspecified atom stereocenters. The van der Waals surface area contributed by atoms with Crippen molar-refractivity contribution in [2.45, 2.75) is 39.8 Å². The molecule has 0 aromatic heterocycles. The van der Waals surface area contributed by atoms with E-state index < -0.39 is 28.9 Å². The summed E-state index contributed by atoms with van der Waals surface area (Å²) in [6.45, 7) is 7.00. The van der Waals surface area contributed by atoms with Crippen molar-refractivity contribution < 1.29 is 19.2 Å². The molecule has 1 aliphatic rings. The van der Waals surface area contributed by atoms with E-state index >= 15 is 0 Å². The third-order valence-electron chi connectivity index (χ3n) is 5.05. The number of anilines is 2. The molecule has 1 heterocycles. The van der Waals surface area contributed by atoms with Crippen LogP contribution in [0.25, 0.3) is 0 Å². The minimum atomic E-state index is -0.943. The molecule has 0 saturated carbocycles. The number of hydrogen-bond acceptors (Lipinski definition) is 5. The number of benzene rings is 2. The van der Waals surface area contributed by atoms with Gasteiger partial charge in [-0.25, -0.2) is 0 Å². The van der Waals surface area contributed by atoms with Gasteiger partial charge in [-0.1, -0.05) is 31.5 Å². The standard InChI is InChI=1S/C21H22ClN3O5/c1-11(2)19-21(27)24(17-10-14(25(28)29)8-9-18(17)30-19)13(4)20(26)23-16-7-5-6-15(22)12(16)3/h5-11,13,19H,1-4H3,(H,23,26). The topological polar surface area (TPSA) is 102 Å². The first-order valence-corrected chi connectivity index (χ1v) is 9.83. The molecule has 1 N–H and O–H groups in total. The van der Waals surface area contributed by atoms with Gasteiger partial charge in [0.2, 0.25) is 5.91 Å². The average molecular weight is 432 g/mol. The highest BCUT2D eigenvalue weighted by atomic mass is 35.5. The van der Waals surface area contributed by atoms with Crippen molar-refractivity contribution in [3.8, 4) is 5.75 Å². The Morgan fingerprint density at radius 3 is 2.60 bits per heavy atom. The second-order valence-electron chi connectivity index (χ2n) is 7.48.